The van der Waals surface area contributed by atoms with Crippen LogP contribution in [0.2, 0.25) is 0 Å². The van der Waals surface area contributed by atoms with Crippen molar-refractivity contribution in [3.8, 4) is 0 Å². The first-order valence-electron chi connectivity index (χ1n) is 7.82. The number of carbonyl (C=O) groups is 1. The molecule has 1 saturated carbocycles. The summed E-state index contributed by atoms with van der Waals surface area (Å²) in [6.07, 6.45) is 6.16. The van der Waals surface area contributed by atoms with Crippen molar-refractivity contribution in [1.29, 1.82) is 0 Å². The minimum absolute atomic E-state index is 0.0104. The van der Waals surface area contributed by atoms with Crippen molar-refractivity contribution in [2.75, 3.05) is 32.8 Å². The Hall–Kier alpha value is -0.610. The molecule has 1 aliphatic carbocycles. The lowest BCUT2D eigenvalue weighted by molar-refractivity contribution is -0.163. The van der Waals surface area contributed by atoms with Crippen LogP contribution in [0.5, 0.6) is 0 Å². The van der Waals surface area contributed by atoms with Crippen molar-refractivity contribution >= 4 is 5.97 Å². The van der Waals surface area contributed by atoms with Crippen LogP contribution in [0.3, 0.4) is 0 Å². The van der Waals surface area contributed by atoms with E-state index in [1.807, 2.05) is 6.92 Å². The number of ether oxygens (including phenoxy) is 1. The highest BCUT2D eigenvalue weighted by Gasteiger charge is 2.47. The molecule has 1 N–H and O–H groups in total. The highest BCUT2D eigenvalue weighted by molar-refractivity contribution is 5.81. The van der Waals surface area contributed by atoms with Gasteiger partial charge >= 0.3 is 5.97 Å². The Morgan fingerprint density at radius 2 is 1.89 bits per heavy atom. The van der Waals surface area contributed by atoms with Gasteiger partial charge in [-0.3, -0.25) is 9.69 Å². The van der Waals surface area contributed by atoms with Gasteiger partial charge in [0.15, 0.2) is 0 Å². The van der Waals surface area contributed by atoms with E-state index in [2.05, 4.69) is 17.1 Å². The maximum absolute atomic E-state index is 12.6. The molecular weight excluding hydrogens is 240 g/mol. The summed E-state index contributed by atoms with van der Waals surface area (Å²) in [4.78, 5) is 14.9. The topological polar surface area (TPSA) is 41.6 Å². The highest BCUT2D eigenvalue weighted by Crippen LogP contribution is 2.37. The predicted octanol–water partition coefficient (Wildman–Crippen LogP) is 1.79. The lowest BCUT2D eigenvalue weighted by Crippen LogP contribution is -2.62. The SMILES string of the molecule is CCOC(=O)C(C)(C1CCCCC1)N1CCNCC1. The molecule has 4 heteroatoms. The molecule has 19 heavy (non-hydrogen) atoms. The molecule has 0 radical (unpaired) electrons. The van der Waals surface area contributed by atoms with E-state index < -0.39 is 5.54 Å². The second-order valence-electron chi connectivity index (χ2n) is 5.94. The molecule has 0 bridgehead atoms. The van der Waals surface area contributed by atoms with Gasteiger partial charge in [-0.15, -0.1) is 0 Å². The molecule has 0 spiro atoms. The third-order valence-electron chi connectivity index (χ3n) is 4.86. The van der Waals surface area contributed by atoms with E-state index in [4.69, 9.17) is 4.74 Å². The normalized spacial score (nSPS) is 25.8. The summed E-state index contributed by atoms with van der Waals surface area (Å²) in [7, 11) is 0. The average Bonchev–Trinajstić information content (AvgIpc) is 2.48. The van der Waals surface area contributed by atoms with Crippen LogP contribution in [0.15, 0.2) is 0 Å². The first-order valence-corrected chi connectivity index (χ1v) is 7.82. The molecule has 4 nitrogen and oxygen atoms in total. The van der Waals surface area contributed by atoms with Crippen LogP contribution in [-0.2, 0) is 9.53 Å². The number of esters is 1. The van der Waals surface area contributed by atoms with E-state index >= 15 is 0 Å². The summed E-state index contributed by atoms with van der Waals surface area (Å²) in [6.45, 7) is 8.34. The lowest BCUT2D eigenvalue weighted by Gasteiger charge is -2.47. The first-order chi connectivity index (χ1) is 9.19. The largest absolute Gasteiger partial charge is 0.465 e. The molecular formula is C15H28N2O2. The zero-order chi connectivity index (χ0) is 13.7. The van der Waals surface area contributed by atoms with Crippen LogP contribution in [0.4, 0.5) is 0 Å². The Morgan fingerprint density at radius 1 is 1.26 bits per heavy atom. The standard InChI is InChI=1S/C15H28N2O2/c1-3-19-14(18)15(2,13-7-5-4-6-8-13)17-11-9-16-10-12-17/h13,16H,3-12H2,1-2H3. The molecule has 1 atom stereocenters. The third kappa shape index (κ3) is 3.11. The highest BCUT2D eigenvalue weighted by atomic mass is 16.5. The van der Waals surface area contributed by atoms with Gasteiger partial charge in [0.1, 0.15) is 5.54 Å². The summed E-state index contributed by atoms with van der Waals surface area (Å²) in [6, 6.07) is 0. The van der Waals surface area contributed by atoms with Gasteiger partial charge < -0.3 is 10.1 Å². The van der Waals surface area contributed by atoms with Crippen molar-refractivity contribution in [2.24, 2.45) is 5.92 Å². The van der Waals surface area contributed by atoms with Crippen LogP contribution in [0.1, 0.15) is 46.0 Å². The minimum atomic E-state index is -0.418. The van der Waals surface area contributed by atoms with Crippen LogP contribution in [-0.4, -0.2) is 49.2 Å². The molecule has 1 unspecified atom stereocenters. The fourth-order valence-corrected chi connectivity index (χ4v) is 3.63. The van der Waals surface area contributed by atoms with Gasteiger partial charge in [0.2, 0.25) is 0 Å². The number of rotatable bonds is 4. The quantitative estimate of drug-likeness (QED) is 0.789. The van der Waals surface area contributed by atoms with E-state index in [1.165, 1.54) is 32.1 Å². The van der Waals surface area contributed by atoms with Crippen LogP contribution >= 0.6 is 0 Å². The molecule has 0 aromatic carbocycles. The van der Waals surface area contributed by atoms with Gasteiger partial charge in [-0.05, 0) is 32.6 Å². The van der Waals surface area contributed by atoms with Crippen molar-refractivity contribution in [3.63, 3.8) is 0 Å². The summed E-state index contributed by atoms with van der Waals surface area (Å²) in [5, 5.41) is 3.37. The molecule has 1 heterocycles. The van der Waals surface area contributed by atoms with E-state index in [1.54, 1.807) is 0 Å². The molecule has 110 valence electrons. The van der Waals surface area contributed by atoms with Crippen LogP contribution < -0.4 is 5.32 Å². The van der Waals surface area contributed by atoms with Crippen molar-refractivity contribution in [2.45, 2.75) is 51.5 Å². The van der Waals surface area contributed by atoms with E-state index in [-0.39, 0.29) is 5.97 Å². The Kier molecular flexibility index (Phi) is 5.22. The van der Waals surface area contributed by atoms with Crippen LogP contribution in [0, 0.1) is 5.92 Å². The summed E-state index contributed by atoms with van der Waals surface area (Å²) >= 11 is 0. The van der Waals surface area contributed by atoms with E-state index in [0.29, 0.717) is 12.5 Å². The molecule has 2 fully saturated rings. The lowest BCUT2D eigenvalue weighted by atomic mass is 9.74. The van der Waals surface area contributed by atoms with Gasteiger partial charge in [-0.1, -0.05) is 19.3 Å². The maximum Gasteiger partial charge on any atom is 0.326 e. The molecule has 2 rings (SSSR count). The summed E-state index contributed by atoms with van der Waals surface area (Å²) in [5.74, 6) is 0.446. The van der Waals surface area contributed by atoms with Crippen molar-refractivity contribution < 1.29 is 9.53 Å². The Labute approximate surface area is 116 Å². The van der Waals surface area contributed by atoms with E-state index in [0.717, 1.165) is 26.2 Å². The second kappa shape index (κ2) is 6.71. The Balaban J connectivity index is 2.16. The van der Waals surface area contributed by atoms with Crippen molar-refractivity contribution in [3.05, 3.63) is 0 Å². The number of hydrogen-bond donors (Lipinski definition) is 1. The maximum atomic E-state index is 12.6. The number of nitrogens with zero attached hydrogens (tertiary/aromatic N) is 1. The average molecular weight is 268 g/mol. The molecule has 2 aliphatic rings. The second-order valence-corrected chi connectivity index (χ2v) is 5.94. The number of piperazine rings is 1. The van der Waals surface area contributed by atoms with Gasteiger partial charge in [0, 0.05) is 26.2 Å². The predicted molar refractivity (Wildman–Crippen MR) is 76.1 cm³/mol. The van der Waals surface area contributed by atoms with E-state index in [9.17, 15) is 4.79 Å². The first kappa shape index (κ1) is 14.8. The zero-order valence-corrected chi connectivity index (χ0v) is 12.4. The molecule has 0 amide bonds. The molecule has 1 aliphatic heterocycles. The molecule has 0 aromatic rings. The third-order valence-corrected chi connectivity index (χ3v) is 4.86. The monoisotopic (exact) mass is 268 g/mol. The Bertz CT molecular complexity index is 277. The summed E-state index contributed by atoms with van der Waals surface area (Å²) in [5.41, 5.74) is -0.418. The van der Waals surface area contributed by atoms with Gasteiger partial charge in [0.25, 0.3) is 0 Å². The zero-order valence-electron chi connectivity index (χ0n) is 12.4. The Morgan fingerprint density at radius 3 is 2.47 bits per heavy atom. The number of carbonyl (C=O) groups excluding carboxylic acids is 1. The fourth-order valence-electron chi connectivity index (χ4n) is 3.63. The summed E-state index contributed by atoms with van der Waals surface area (Å²) < 4.78 is 5.41. The fraction of sp³-hybridized carbons (Fsp3) is 0.933. The van der Waals surface area contributed by atoms with Gasteiger partial charge in [-0.25, -0.2) is 0 Å². The molecule has 1 saturated heterocycles. The number of nitrogens with one attached hydrogen (secondary N) is 1. The molecule has 0 aromatic heterocycles. The number of hydrogen-bond acceptors (Lipinski definition) is 4. The van der Waals surface area contributed by atoms with Gasteiger partial charge in [0.05, 0.1) is 6.61 Å². The smallest absolute Gasteiger partial charge is 0.326 e. The van der Waals surface area contributed by atoms with Crippen LogP contribution in [0.25, 0.3) is 0 Å². The van der Waals surface area contributed by atoms with Crippen molar-refractivity contribution in [1.82, 2.24) is 10.2 Å². The van der Waals surface area contributed by atoms with Gasteiger partial charge in [-0.2, -0.15) is 0 Å². The minimum Gasteiger partial charge on any atom is -0.465 e.